The van der Waals surface area contributed by atoms with Crippen LogP contribution in [0.4, 0.5) is 0 Å². The first-order chi connectivity index (χ1) is 21.7. The molecule has 226 valence electrons. The number of benzene rings is 4. The minimum Gasteiger partial charge on any atom is -0.311 e. The Hall–Kier alpha value is -4.66. The third-order valence-corrected chi connectivity index (χ3v) is 9.97. The normalized spacial score (nSPS) is 12.8. The Morgan fingerprint density at radius 2 is 1.49 bits per heavy atom. The molecule has 0 aliphatic rings. The molecule has 6 rings (SSSR count). The Balaban J connectivity index is 1.43. The fourth-order valence-electron chi connectivity index (χ4n) is 5.28. The van der Waals surface area contributed by atoms with E-state index in [1.54, 1.807) is 23.6 Å². The molecule has 0 amide bonds. The first-order valence-electron chi connectivity index (χ1n) is 14.7. The third-order valence-electron chi connectivity index (χ3n) is 7.72. The van der Waals surface area contributed by atoms with Crippen LogP contribution in [0.15, 0.2) is 123 Å². The summed E-state index contributed by atoms with van der Waals surface area (Å²) in [4.78, 5) is 33.0. The van der Waals surface area contributed by atoms with Crippen LogP contribution in [-0.4, -0.2) is 26.2 Å². The van der Waals surface area contributed by atoms with Crippen LogP contribution in [0.3, 0.4) is 0 Å². The third kappa shape index (κ3) is 6.03. The Morgan fingerprint density at radius 1 is 0.822 bits per heavy atom. The van der Waals surface area contributed by atoms with Gasteiger partial charge in [0, 0.05) is 31.8 Å². The topological polar surface area (TPSA) is 77.7 Å². The van der Waals surface area contributed by atoms with Gasteiger partial charge in [-0.25, -0.2) is 9.00 Å². The number of fused-ring (bicyclic) bond motifs is 3. The standard InChI is InChI=1S/C37H32N2O4S2/c1-5-31(38-43-36(41)34-12-9-21-44-34)35(40)24-13-19-32-29(22-24)30-23-25(37(2,3)4)14-20-33(30)39(32)26-15-17-28(18-16-26)45(42)27-10-7-6-8-11-27/h6-23H,5H2,1-4H3. The largest absolute Gasteiger partial charge is 0.375 e. The summed E-state index contributed by atoms with van der Waals surface area (Å²) in [5.74, 6) is -0.880. The highest BCUT2D eigenvalue weighted by molar-refractivity contribution is 7.85. The molecule has 0 saturated carbocycles. The lowest BCUT2D eigenvalue weighted by atomic mass is 9.86. The number of thiophene rings is 1. The van der Waals surface area contributed by atoms with E-state index >= 15 is 0 Å². The van der Waals surface area contributed by atoms with Crippen LogP contribution < -0.4 is 0 Å². The second-order valence-corrected chi connectivity index (χ2v) is 14.1. The van der Waals surface area contributed by atoms with Gasteiger partial charge in [-0.3, -0.25) is 4.79 Å². The molecule has 2 heterocycles. The van der Waals surface area contributed by atoms with E-state index in [0.29, 0.717) is 16.9 Å². The number of Topliss-reactive ketones (excluding diaryl/α,β-unsaturated/α-hetero) is 1. The minimum absolute atomic E-state index is 0.0757. The van der Waals surface area contributed by atoms with E-state index in [9.17, 15) is 13.8 Å². The van der Waals surface area contributed by atoms with Crippen molar-refractivity contribution in [2.45, 2.75) is 49.3 Å². The number of ketones is 1. The fourth-order valence-corrected chi connectivity index (χ4v) is 6.93. The number of rotatable bonds is 8. The lowest BCUT2D eigenvalue weighted by Crippen LogP contribution is -2.15. The average Bonchev–Trinajstić information content (AvgIpc) is 3.71. The molecule has 0 aliphatic carbocycles. The Bertz CT molecular complexity index is 2090. The summed E-state index contributed by atoms with van der Waals surface area (Å²) in [7, 11) is -1.29. The maximum atomic E-state index is 13.6. The molecule has 0 saturated heterocycles. The van der Waals surface area contributed by atoms with Crippen molar-refractivity contribution >= 4 is 61.4 Å². The number of aromatic nitrogens is 1. The molecule has 4 aromatic carbocycles. The monoisotopic (exact) mass is 632 g/mol. The van der Waals surface area contributed by atoms with E-state index in [4.69, 9.17) is 4.84 Å². The summed E-state index contributed by atoms with van der Waals surface area (Å²) in [5, 5.41) is 7.67. The van der Waals surface area contributed by atoms with Crippen molar-refractivity contribution in [3.8, 4) is 5.69 Å². The van der Waals surface area contributed by atoms with Crippen molar-refractivity contribution in [2.75, 3.05) is 0 Å². The zero-order valence-electron chi connectivity index (χ0n) is 25.4. The summed E-state index contributed by atoms with van der Waals surface area (Å²) < 4.78 is 15.3. The van der Waals surface area contributed by atoms with Crippen molar-refractivity contribution in [3.05, 3.63) is 125 Å². The lowest BCUT2D eigenvalue weighted by molar-refractivity contribution is 0.0520. The quantitative estimate of drug-likeness (QED) is 0.0726. The van der Waals surface area contributed by atoms with Crippen molar-refractivity contribution < 1.29 is 18.6 Å². The average molecular weight is 633 g/mol. The molecule has 0 spiro atoms. The van der Waals surface area contributed by atoms with Gasteiger partial charge in [0.15, 0.2) is 0 Å². The number of hydrogen-bond acceptors (Lipinski definition) is 6. The molecule has 2 aromatic heterocycles. The molecule has 8 heteroatoms. The van der Waals surface area contributed by atoms with Crippen LogP contribution in [0, 0.1) is 0 Å². The molecule has 45 heavy (non-hydrogen) atoms. The maximum absolute atomic E-state index is 13.6. The molecule has 1 unspecified atom stereocenters. The van der Waals surface area contributed by atoms with Gasteiger partial charge < -0.3 is 9.40 Å². The van der Waals surface area contributed by atoms with Crippen molar-refractivity contribution in [3.63, 3.8) is 0 Å². The first kappa shape index (κ1) is 30.4. The van der Waals surface area contributed by atoms with Gasteiger partial charge in [-0.1, -0.05) is 63.2 Å². The van der Waals surface area contributed by atoms with E-state index in [2.05, 4.69) is 48.7 Å². The van der Waals surface area contributed by atoms with E-state index < -0.39 is 16.8 Å². The molecular formula is C37H32N2O4S2. The molecule has 0 bridgehead atoms. The molecule has 6 aromatic rings. The molecule has 0 radical (unpaired) electrons. The van der Waals surface area contributed by atoms with Gasteiger partial charge in [-0.15, -0.1) is 11.3 Å². The Morgan fingerprint density at radius 3 is 2.13 bits per heavy atom. The Kier molecular flexibility index (Phi) is 8.36. The maximum Gasteiger partial charge on any atom is 0.375 e. The van der Waals surface area contributed by atoms with Gasteiger partial charge in [-0.2, -0.15) is 0 Å². The van der Waals surface area contributed by atoms with Crippen LogP contribution in [0.2, 0.25) is 0 Å². The zero-order chi connectivity index (χ0) is 31.7. The van der Waals surface area contributed by atoms with Crippen molar-refractivity contribution in [1.82, 2.24) is 4.57 Å². The number of hydrogen-bond donors (Lipinski definition) is 0. The predicted octanol–water partition coefficient (Wildman–Crippen LogP) is 9.12. The fraction of sp³-hybridized carbons (Fsp3) is 0.162. The lowest BCUT2D eigenvalue weighted by Gasteiger charge is -2.19. The predicted molar refractivity (Wildman–Crippen MR) is 182 cm³/mol. The van der Waals surface area contributed by atoms with Crippen molar-refractivity contribution in [1.29, 1.82) is 0 Å². The van der Waals surface area contributed by atoms with Crippen LogP contribution in [0.25, 0.3) is 27.5 Å². The number of oxime groups is 1. The van der Waals surface area contributed by atoms with Crippen LogP contribution in [0.1, 0.15) is 59.7 Å². The molecule has 6 nitrogen and oxygen atoms in total. The SMILES string of the molecule is CCC(=NOC(=O)c1cccs1)C(=O)c1ccc2c(c1)c1cc(C(C)(C)C)ccc1n2-c1ccc(S(=O)c2ccccc2)cc1. The van der Waals surface area contributed by atoms with Gasteiger partial charge in [-0.05, 0) is 95.6 Å². The highest BCUT2D eigenvalue weighted by Gasteiger charge is 2.21. The van der Waals surface area contributed by atoms with Gasteiger partial charge in [0.25, 0.3) is 0 Å². The first-order valence-corrected chi connectivity index (χ1v) is 16.7. The van der Waals surface area contributed by atoms with Gasteiger partial charge >= 0.3 is 5.97 Å². The van der Waals surface area contributed by atoms with Gasteiger partial charge in [0.05, 0.1) is 21.8 Å². The summed E-state index contributed by atoms with van der Waals surface area (Å²) in [5.41, 5.74) is 4.58. The van der Waals surface area contributed by atoms with Gasteiger partial charge in [0.1, 0.15) is 10.6 Å². The van der Waals surface area contributed by atoms with Crippen LogP contribution >= 0.6 is 11.3 Å². The second kappa shape index (κ2) is 12.4. The van der Waals surface area contributed by atoms with Crippen LogP contribution in [-0.2, 0) is 21.1 Å². The summed E-state index contributed by atoms with van der Waals surface area (Å²) in [6, 6.07) is 32.7. The number of carbonyl (C=O) groups excluding carboxylic acids is 2. The molecule has 0 fully saturated rings. The molecule has 0 aliphatic heterocycles. The molecular weight excluding hydrogens is 601 g/mol. The van der Waals surface area contributed by atoms with E-state index in [1.165, 1.54) is 16.9 Å². The van der Waals surface area contributed by atoms with E-state index in [1.807, 2.05) is 73.7 Å². The van der Waals surface area contributed by atoms with Gasteiger partial charge in [0.2, 0.25) is 5.78 Å². The highest BCUT2D eigenvalue weighted by atomic mass is 32.2. The summed E-state index contributed by atoms with van der Waals surface area (Å²) >= 11 is 1.26. The molecule has 0 N–H and O–H groups in total. The number of carbonyl (C=O) groups is 2. The smallest absolute Gasteiger partial charge is 0.311 e. The van der Waals surface area contributed by atoms with Crippen molar-refractivity contribution in [2.24, 2.45) is 5.16 Å². The molecule has 1 atom stereocenters. The zero-order valence-corrected chi connectivity index (χ0v) is 27.1. The van der Waals surface area contributed by atoms with Crippen LogP contribution in [0.5, 0.6) is 0 Å². The second-order valence-electron chi connectivity index (χ2n) is 11.7. The van der Waals surface area contributed by atoms with E-state index in [0.717, 1.165) is 37.3 Å². The number of nitrogens with zero attached hydrogens (tertiary/aromatic N) is 2. The minimum atomic E-state index is -1.29. The summed E-state index contributed by atoms with van der Waals surface area (Å²) in [6.45, 7) is 8.34. The Labute approximate surface area is 268 Å². The van der Waals surface area contributed by atoms with E-state index in [-0.39, 0.29) is 16.9 Å². The summed E-state index contributed by atoms with van der Waals surface area (Å²) in [6.07, 6.45) is 0.307. The highest BCUT2D eigenvalue weighted by Crippen LogP contribution is 2.36.